The fraction of sp³-hybridized carbons (Fsp3) is 0.900. The van der Waals surface area contributed by atoms with Gasteiger partial charge in [0.1, 0.15) is 0 Å². The van der Waals surface area contributed by atoms with Gasteiger partial charge in [-0.1, -0.05) is 26.6 Å². The molecule has 0 radical (unpaired) electrons. The summed E-state index contributed by atoms with van der Waals surface area (Å²) in [6.45, 7) is 9.40. The lowest BCUT2D eigenvalue weighted by Crippen LogP contribution is -2.22. The first-order valence-electron chi connectivity index (χ1n) is 5.15. The van der Waals surface area contributed by atoms with Gasteiger partial charge in [0.2, 0.25) is 0 Å². The Hall–Kier alpha value is 0.0369. The maximum Gasteiger partial charge on any atom is 0.305 e. The van der Waals surface area contributed by atoms with Gasteiger partial charge in [-0.2, -0.15) is 12.6 Å². The molecule has 84 valence electrons. The molecule has 14 heavy (non-hydrogen) atoms. The summed E-state index contributed by atoms with van der Waals surface area (Å²) in [7, 11) is -1.06. The van der Waals surface area contributed by atoms with Crippen molar-refractivity contribution in [1.82, 2.24) is 0 Å². The van der Waals surface area contributed by atoms with Crippen molar-refractivity contribution >= 4 is 26.7 Å². The lowest BCUT2D eigenvalue weighted by Gasteiger charge is -2.15. The molecular weight excluding hydrogens is 212 g/mol. The van der Waals surface area contributed by atoms with Gasteiger partial charge in [0.05, 0.1) is 6.61 Å². The third kappa shape index (κ3) is 10.1. The molecule has 0 aliphatic carbocycles. The lowest BCUT2D eigenvalue weighted by molar-refractivity contribution is -0.143. The number of rotatable bonds is 6. The molecule has 0 heterocycles. The second-order valence-electron chi connectivity index (χ2n) is 4.92. The molecular formula is C10H22O2SSi. The SMILES string of the molecule is CC(S)CCC(=O)OCC[Si](C)(C)C. The van der Waals surface area contributed by atoms with Gasteiger partial charge in [-0.05, 0) is 17.7 Å². The highest BCUT2D eigenvalue weighted by molar-refractivity contribution is 7.80. The Morgan fingerprint density at radius 1 is 1.43 bits per heavy atom. The van der Waals surface area contributed by atoms with Crippen LogP contribution >= 0.6 is 12.6 Å². The van der Waals surface area contributed by atoms with E-state index < -0.39 is 8.07 Å². The number of hydrogen-bond donors (Lipinski definition) is 1. The molecule has 4 heteroatoms. The molecule has 0 N–H and O–H groups in total. The van der Waals surface area contributed by atoms with E-state index in [4.69, 9.17) is 4.74 Å². The Bertz CT molecular complexity index is 175. The van der Waals surface area contributed by atoms with Crippen molar-refractivity contribution in [3.05, 3.63) is 0 Å². The van der Waals surface area contributed by atoms with Crippen LogP contribution in [-0.2, 0) is 9.53 Å². The highest BCUT2D eigenvalue weighted by atomic mass is 32.1. The summed E-state index contributed by atoms with van der Waals surface area (Å²) in [4.78, 5) is 11.2. The van der Waals surface area contributed by atoms with Gasteiger partial charge >= 0.3 is 5.97 Å². The van der Waals surface area contributed by atoms with Gasteiger partial charge < -0.3 is 4.74 Å². The molecule has 0 aromatic rings. The first-order valence-corrected chi connectivity index (χ1v) is 9.37. The summed E-state index contributed by atoms with van der Waals surface area (Å²) >= 11 is 4.21. The molecule has 0 aliphatic heterocycles. The average Bonchev–Trinajstić information content (AvgIpc) is 1.98. The summed E-state index contributed by atoms with van der Waals surface area (Å²) < 4.78 is 5.13. The zero-order valence-electron chi connectivity index (χ0n) is 9.67. The predicted molar refractivity (Wildman–Crippen MR) is 66.8 cm³/mol. The molecule has 0 amide bonds. The van der Waals surface area contributed by atoms with Crippen LogP contribution in [-0.4, -0.2) is 25.9 Å². The molecule has 0 spiro atoms. The Labute approximate surface area is 93.8 Å². The molecule has 0 saturated carbocycles. The fourth-order valence-corrected chi connectivity index (χ4v) is 1.71. The van der Waals surface area contributed by atoms with Crippen LogP contribution in [0.5, 0.6) is 0 Å². The number of hydrogen-bond acceptors (Lipinski definition) is 3. The summed E-state index contributed by atoms with van der Waals surface area (Å²) in [5, 5.41) is 0.277. The van der Waals surface area contributed by atoms with Gasteiger partial charge in [-0.25, -0.2) is 0 Å². The number of carbonyl (C=O) groups excluding carboxylic acids is 1. The molecule has 1 unspecified atom stereocenters. The minimum absolute atomic E-state index is 0.0795. The van der Waals surface area contributed by atoms with Crippen molar-refractivity contribution < 1.29 is 9.53 Å². The number of ether oxygens (including phenoxy) is 1. The summed E-state index contributed by atoms with van der Waals surface area (Å²) in [6, 6.07) is 1.05. The van der Waals surface area contributed by atoms with E-state index in [2.05, 4.69) is 32.3 Å². The van der Waals surface area contributed by atoms with Crippen LogP contribution in [0, 0.1) is 0 Å². The van der Waals surface area contributed by atoms with E-state index >= 15 is 0 Å². The maximum atomic E-state index is 11.2. The molecule has 0 aliphatic rings. The molecule has 0 aromatic heterocycles. The number of esters is 1. The predicted octanol–water partition coefficient (Wildman–Crippen LogP) is 2.97. The van der Waals surface area contributed by atoms with Crippen molar-refractivity contribution in [2.24, 2.45) is 0 Å². The van der Waals surface area contributed by atoms with Crippen LogP contribution in [0.2, 0.25) is 25.7 Å². The van der Waals surface area contributed by atoms with E-state index in [1.165, 1.54) is 0 Å². The highest BCUT2D eigenvalue weighted by Gasteiger charge is 2.13. The molecule has 0 fully saturated rings. The second-order valence-corrected chi connectivity index (χ2v) is 11.4. The van der Waals surface area contributed by atoms with Crippen LogP contribution in [0.4, 0.5) is 0 Å². The van der Waals surface area contributed by atoms with Gasteiger partial charge in [0, 0.05) is 14.5 Å². The average molecular weight is 234 g/mol. The van der Waals surface area contributed by atoms with E-state index in [9.17, 15) is 4.79 Å². The third-order valence-electron chi connectivity index (χ3n) is 1.88. The molecule has 0 aromatic carbocycles. The first kappa shape index (κ1) is 14.0. The lowest BCUT2D eigenvalue weighted by atomic mass is 10.2. The van der Waals surface area contributed by atoms with Crippen LogP contribution in [0.15, 0.2) is 0 Å². The van der Waals surface area contributed by atoms with Crippen LogP contribution < -0.4 is 0 Å². The van der Waals surface area contributed by atoms with Gasteiger partial charge in [-0.3, -0.25) is 4.79 Å². The second kappa shape index (κ2) is 6.51. The van der Waals surface area contributed by atoms with Crippen LogP contribution in [0.3, 0.4) is 0 Å². The van der Waals surface area contributed by atoms with Crippen LogP contribution in [0.25, 0.3) is 0 Å². The minimum atomic E-state index is -1.06. The number of thiol groups is 1. The topological polar surface area (TPSA) is 26.3 Å². The van der Waals surface area contributed by atoms with Crippen molar-refractivity contribution in [2.75, 3.05) is 6.61 Å². The quantitative estimate of drug-likeness (QED) is 0.434. The Balaban J connectivity index is 3.46. The largest absolute Gasteiger partial charge is 0.466 e. The molecule has 2 nitrogen and oxygen atoms in total. The molecule has 0 saturated heterocycles. The Morgan fingerprint density at radius 2 is 2.00 bits per heavy atom. The van der Waals surface area contributed by atoms with Crippen molar-refractivity contribution in [2.45, 2.75) is 50.7 Å². The monoisotopic (exact) mass is 234 g/mol. The molecule has 0 bridgehead atoms. The van der Waals surface area contributed by atoms with E-state index in [1.807, 2.05) is 6.92 Å². The highest BCUT2D eigenvalue weighted by Crippen LogP contribution is 2.09. The maximum absolute atomic E-state index is 11.2. The Kier molecular flexibility index (Phi) is 6.52. The molecule has 1 atom stereocenters. The van der Waals surface area contributed by atoms with Crippen molar-refractivity contribution in [3.63, 3.8) is 0 Å². The van der Waals surface area contributed by atoms with Gasteiger partial charge in [0.25, 0.3) is 0 Å². The molecule has 0 rings (SSSR count). The third-order valence-corrected chi connectivity index (χ3v) is 3.84. The standard InChI is InChI=1S/C10H22O2SSi/c1-9(13)5-6-10(11)12-7-8-14(2,3)4/h9,13H,5-8H2,1-4H3. The van der Waals surface area contributed by atoms with Crippen molar-refractivity contribution in [1.29, 1.82) is 0 Å². The Morgan fingerprint density at radius 3 is 2.43 bits per heavy atom. The van der Waals surface area contributed by atoms with E-state index in [-0.39, 0.29) is 11.2 Å². The summed E-state index contributed by atoms with van der Waals surface area (Å²) in [6.07, 6.45) is 1.30. The normalized spacial score (nSPS) is 13.8. The van der Waals surface area contributed by atoms with E-state index in [1.54, 1.807) is 0 Å². The fourth-order valence-electron chi connectivity index (χ4n) is 0.870. The van der Waals surface area contributed by atoms with Crippen molar-refractivity contribution in [3.8, 4) is 0 Å². The number of carbonyl (C=O) groups is 1. The van der Waals surface area contributed by atoms with E-state index in [0.717, 1.165) is 12.5 Å². The smallest absolute Gasteiger partial charge is 0.305 e. The zero-order chi connectivity index (χ0) is 11.2. The summed E-state index contributed by atoms with van der Waals surface area (Å²) in [5.41, 5.74) is 0. The zero-order valence-corrected chi connectivity index (χ0v) is 11.6. The van der Waals surface area contributed by atoms with Gasteiger partial charge in [-0.15, -0.1) is 0 Å². The van der Waals surface area contributed by atoms with Crippen LogP contribution in [0.1, 0.15) is 19.8 Å². The van der Waals surface area contributed by atoms with Gasteiger partial charge in [0.15, 0.2) is 0 Å². The minimum Gasteiger partial charge on any atom is -0.466 e. The summed E-state index contributed by atoms with van der Waals surface area (Å²) in [5.74, 6) is -0.0795. The first-order chi connectivity index (χ1) is 6.31. The van der Waals surface area contributed by atoms with E-state index in [0.29, 0.717) is 13.0 Å².